The van der Waals surface area contributed by atoms with Crippen molar-refractivity contribution < 1.29 is 14.6 Å². The molecule has 0 radical (unpaired) electrons. The lowest BCUT2D eigenvalue weighted by molar-refractivity contribution is -0.297. The highest BCUT2D eigenvalue weighted by molar-refractivity contribution is 6.30. The van der Waals surface area contributed by atoms with Gasteiger partial charge in [0.05, 0.1) is 0 Å². The molecule has 0 aromatic heterocycles. The van der Waals surface area contributed by atoms with Gasteiger partial charge in [-0.25, -0.2) is 4.79 Å². The molecule has 0 saturated carbocycles. The number of halogens is 1. The summed E-state index contributed by atoms with van der Waals surface area (Å²) in [4.78, 5) is 20.7. The van der Waals surface area contributed by atoms with Gasteiger partial charge in [0, 0.05) is 10.7 Å². The van der Waals surface area contributed by atoms with E-state index in [9.17, 15) is 4.79 Å². The number of rotatable bonds is 2. The van der Waals surface area contributed by atoms with E-state index >= 15 is 0 Å². The van der Waals surface area contributed by atoms with E-state index in [1.807, 2.05) is 0 Å². The van der Waals surface area contributed by atoms with Crippen molar-refractivity contribution in [2.75, 3.05) is 5.32 Å². The average Bonchev–Trinajstić information content (AvgIpc) is 2.18. The van der Waals surface area contributed by atoms with E-state index in [-0.39, 0.29) is 0 Å². The van der Waals surface area contributed by atoms with Gasteiger partial charge in [-0.3, -0.25) is 10.2 Å². The zero-order valence-electron chi connectivity index (χ0n) is 9.41. The normalized spacial score (nSPS) is 11.0. The Morgan fingerprint density at radius 3 is 2.31 bits per heavy atom. The second-order valence-corrected chi connectivity index (χ2v) is 4.63. The van der Waals surface area contributed by atoms with Crippen LogP contribution < -0.4 is 5.32 Å². The fourth-order valence-corrected chi connectivity index (χ4v) is 0.961. The Morgan fingerprint density at radius 1 is 1.25 bits per heavy atom. The van der Waals surface area contributed by atoms with Crippen LogP contribution in [0.4, 0.5) is 10.5 Å². The SMILES string of the molecule is CC(C)(C)OOC(=O)Nc1ccc(Cl)cc1. The van der Waals surface area contributed by atoms with Gasteiger partial charge in [0.2, 0.25) is 0 Å². The van der Waals surface area contributed by atoms with Gasteiger partial charge < -0.3 is 0 Å². The molecule has 0 heterocycles. The van der Waals surface area contributed by atoms with Gasteiger partial charge in [0.1, 0.15) is 5.60 Å². The van der Waals surface area contributed by atoms with Crippen molar-refractivity contribution in [3.8, 4) is 0 Å². The minimum Gasteiger partial charge on any atom is -0.289 e. The summed E-state index contributed by atoms with van der Waals surface area (Å²) in [6, 6.07) is 6.67. The van der Waals surface area contributed by atoms with E-state index in [0.29, 0.717) is 10.7 Å². The minimum absolute atomic E-state index is 0.530. The van der Waals surface area contributed by atoms with E-state index < -0.39 is 11.7 Å². The van der Waals surface area contributed by atoms with Gasteiger partial charge in [-0.05, 0) is 45.0 Å². The van der Waals surface area contributed by atoms with Crippen molar-refractivity contribution in [2.45, 2.75) is 26.4 Å². The molecule has 88 valence electrons. The van der Waals surface area contributed by atoms with Crippen LogP contribution >= 0.6 is 11.6 Å². The molecule has 0 aliphatic rings. The summed E-state index contributed by atoms with van der Waals surface area (Å²) in [6.07, 6.45) is -0.669. The molecule has 0 unspecified atom stereocenters. The third kappa shape index (κ3) is 5.00. The second-order valence-electron chi connectivity index (χ2n) is 4.20. The van der Waals surface area contributed by atoms with E-state index in [2.05, 4.69) is 10.2 Å². The van der Waals surface area contributed by atoms with Crippen molar-refractivity contribution in [3.05, 3.63) is 29.3 Å². The zero-order valence-corrected chi connectivity index (χ0v) is 10.2. The van der Waals surface area contributed by atoms with Crippen LogP contribution in [0.5, 0.6) is 0 Å². The molecule has 0 atom stereocenters. The topological polar surface area (TPSA) is 47.6 Å². The fraction of sp³-hybridized carbons (Fsp3) is 0.364. The minimum atomic E-state index is -0.669. The summed E-state index contributed by atoms with van der Waals surface area (Å²) in [5, 5.41) is 3.10. The molecule has 0 aliphatic heterocycles. The van der Waals surface area contributed by atoms with Gasteiger partial charge in [0.25, 0.3) is 0 Å². The summed E-state index contributed by atoms with van der Waals surface area (Å²) in [5.41, 5.74) is 0.0593. The molecule has 0 spiro atoms. The molecular weight excluding hydrogens is 230 g/mol. The molecular formula is C11H14ClNO3. The van der Waals surface area contributed by atoms with Crippen LogP contribution in [0, 0.1) is 0 Å². The smallest absolute Gasteiger partial charge is 0.289 e. The van der Waals surface area contributed by atoms with E-state index in [4.69, 9.17) is 16.5 Å². The first kappa shape index (κ1) is 12.8. The Labute approximate surface area is 99.4 Å². The molecule has 0 fully saturated rings. The van der Waals surface area contributed by atoms with Gasteiger partial charge >= 0.3 is 6.09 Å². The summed E-state index contributed by atoms with van der Waals surface area (Å²) in [7, 11) is 0. The Bertz CT molecular complexity index is 356. The fourth-order valence-electron chi connectivity index (χ4n) is 0.835. The summed E-state index contributed by atoms with van der Waals surface area (Å²) >= 11 is 5.70. The quantitative estimate of drug-likeness (QED) is 0.638. The van der Waals surface area contributed by atoms with Crippen LogP contribution in [0.2, 0.25) is 5.02 Å². The van der Waals surface area contributed by atoms with Crippen LogP contribution in [0.1, 0.15) is 20.8 Å². The number of benzene rings is 1. The lowest BCUT2D eigenvalue weighted by atomic mass is 10.2. The van der Waals surface area contributed by atoms with Crippen LogP contribution in [-0.2, 0) is 9.78 Å². The van der Waals surface area contributed by atoms with Crippen molar-refractivity contribution in [2.24, 2.45) is 0 Å². The predicted molar refractivity (Wildman–Crippen MR) is 62.4 cm³/mol. The molecule has 5 heteroatoms. The first-order valence-corrected chi connectivity index (χ1v) is 5.17. The number of nitrogens with one attached hydrogen (secondary N) is 1. The van der Waals surface area contributed by atoms with Gasteiger partial charge in [-0.2, -0.15) is 4.89 Å². The first-order chi connectivity index (χ1) is 7.37. The van der Waals surface area contributed by atoms with Crippen molar-refractivity contribution in [3.63, 3.8) is 0 Å². The van der Waals surface area contributed by atoms with Crippen molar-refractivity contribution in [1.29, 1.82) is 0 Å². The summed E-state index contributed by atoms with van der Waals surface area (Å²) < 4.78 is 0. The zero-order chi connectivity index (χ0) is 12.2. The number of amides is 1. The maximum Gasteiger partial charge on any atom is 0.443 e. The van der Waals surface area contributed by atoms with Crippen LogP contribution in [0.3, 0.4) is 0 Å². The lowest BCUT2D eigenvalue weighted by Crippen LogP contribution is -2.24. The predicted octanol–water partition coefficient (Wildman–Crippen LogP) is 3.62. The Balaban J connectivity index is 2.43. The number of hydrogen-bond donors (Lipinski definition) is 1. The first-order valence-electron chi connectivity index (χ1n) is 4.79. The number of hydrogen-bond acceptors (Lipinski definition) is 3. The van der Waals surface area contributed by atoms with E-state index in [1.54, 1.807) is 45.0 Å². The second kappa shape index (κ2) is 5.18. The van der Waals surface area contributed by atoms with Crippen LogP contribution in [-0.4, -0.2) is 11.7 Å². The Kier molecular flexibility index (Phi) is 4.15. The molecule has 16 heavy (non-hydrogen) atoms. The standard InChI is InChI=1S/C11H14ClNO3/c1-11(2,3)16-15-10(14)13-9-6-4-8(12)5-7-9/h4-7H,1-3H3,(H,13,14). The monoisotopic (exact) mass is 243 g/mol. The van der Waals surface area contributed by atoms with Crippen molar-refractivity contribution >= 4 is 23.4 Å². The lowest BCUT2D eigenvalue weighted by Gasteiger charge is -2.16. The molecule has 0 saturated heterocycles. The molecule has 1 N–H and O–H groups in total. The highest BCUT2D eigenvalue weighted by Crippen LogP contribution is 2.14. The molecule has 0 aliphatic carbocycles. The van der Waals surface area contributed by atoms with Crippen LogP contribution in [0.15, 0.2) is 24.3 Å². The number of carbonyl (C=O) groups excluding carboxylic acids is 1. The molecule has 1 rings (SSSR count). The summed E-state index contributed by atoms with van der Waals surface area (Å²) in [6.45, 7) is 5.34. The third-order valence-corrected chi connectivity index (χ3v) is 1.71. The van der Waals surface area contributed by atoms with Gasteiger partial charge in [-0.1, -0.05) is 11.6 Å². The molecule has 1 aromatic rings. The number of carbonyl (C=O) groups is 1. The Hall–Kier alpha value is -1.26. The maximum absolute atomic E-state index is 11.3. The van der Waals surface area contributed by atoms with Crippen LogP contribution in [0.25, 0.3) is 0 Å². The molecule has 1 amide bonds. The highest BCUT2D eigenvalue weighted by Gasteiger charge is 2.15. The molecule has 1 aromatic carbocycles. The van der Waals surface area contributed by atoms with Crippen molar-refractivity contribution in [1.82, 2.24) is 0 Å². The Morgan fingerprint density at radius 2 is 1.81 bits per heavy atom. The molecule has 4 nitrogen and oxygen atoms in total. The average molecular weight is 244 g/mol. The van der Waals surface area contributed by atoms with E-state index in [1.165, 1.54) is 0 Å². The molecule has 0 bridgehead atoms. The number of anilines is 1. The largest absolute Gasteiger partial charge is 0.443 e. The van der Waals surface area contributed by atoms with Gasteiger partial charge in [-0.15, -0.1) is 0 Å². The van der Waals surface area contributed by atoms with Gasteiger partial charge in [0.15, 0.2) is 0 Å². The third-order valence-electron chi connectivity index (χ3n) is 1.46. The van der Waals surface area contributed by atoms with E-state index in [0.717, 1.165) is 0 Å². The highest BCUT2D eigenvalue weighted by atomic mass is 35.5. The summed E-state index contributed by atoms with van der Waals surface area (Å²) in [5.74, 6) is 0. The maximum atomic E-state index is 11.3.